The number of hydrogen-bond acceptors (Lipinski definition) is 4. The van der Waals surface area contributed by atoms with Gasteiger partial charge in [-0.15, -0.1) is 0 Å². The molecule has 4 aromatic carbocycles. The summed E-state index contributed by atoms with van der Waals surface area (Å²) >= 11 is 6.16. The Kier molecular flexibility index (Phi) is 11.4. The lowest BCUT2D eigenvalue weighted by molar-refractivity contribution is -0.140. The fraction of sp³-hybridized carbons (Fsp3) is 0.278. The van der Waals surface area contributed by atoms with Crippen molar-refractivity contribution in [3.05, 3.63) is 130 Å². The predicted octanol–water partition coefficient (Wildman–Crippen LogP) is 6.71. The summed E-state index contributed by atoms with van der Waals surface area (Å²) in [6.45, 7) is 7.15. The van der Waals surface area contributed by atoms with E-state index in [4.69, 9.17) is 11.6 Å². The maximum atomic E-state index is 14.5. The van der Waals surface area contributed by atoms with Crippen LogP contribution in [0.5, 0.6) is 0 Å². The lowest BCUT2D eigenvalue weighted by Crippen LogP contribution is -2.54. The number of anilines is 1. The van der Waals surface area contributed by atoms with Gasteiger partial charge >= 0.3 is 0 Å². The molecule has 0 radical (unpaired) electrons. The highest BCUT2D eigenvalue weighted by molar-refractivity contribution is 7.92. The van der Waals surface area contributed by atoms with Crippen LogP contribution in [0.25, 0.3) is 0 Å². The van der Waals surface area contributed by atoms with E-state index in [9.17, 15) is 18.0 Å². The second kappa shape index (κ2) is 15.2. The molecular formula is C36H40ClN3O4S. The average molecular weight is 646 g/mol. The van der Waals surface area contributed by atoms with E-state index in [2.05, 4.69) is 5.32 Å². The molecule has 7 nitrogen and oxygen atoms in total. The lowest BCUT2D eigenvalue weighted by Gasteiger charge is -2.34. The number of hydrogen-bond donors (Lipinski definition) is 1. The lowest BCUT2D eigenvalue weighted by atomic mass is 10.0. The average Bonchev–Trinajstić information content (AvgIpc) is 3.03. The highest BCUT2D eigenvalue weighted by Crippen LogP contribution is 2.28. The van der Waals surface area contributed by atoms with Gasteiger partial charge in [0.2, 0.25) is 11.8 Å². The summed E-state index contributed by atoms with van der Waals surface area (Å²) in [5.74, 6) is -0.816. The van der Waals surface area contributed by atoms with E-state index in [-0.39, 0.29) is 29.8 Å². The molecule has 2 amide bonds. The topological polar surface area (TPSA) is 86.8 Å². The first kappa shape index (κ1) is 33.7. The van der Waals surface area contributed by atoms with Crippen molar-refractivity contribution in [2.75, 3.05) is 10.8 Å². The summed E-state index contributed by atoms with van der Waals surface area (Å²) < 4.78 is 29.5. The van der Waals surface area contributed by atoms with Gasteiger partial charge in [-0.3, -0.25) is 13.9 Å². The Morgan fingerprint density at radius 3 is 2.07 bits per heavy atom. The molecule has 2 atom stereocenters. The van der Waals surface area contributed by atoms with Crippen LogP contribution in [0, 0.1) is 13.8 Å². The summed E-state index contributed by atoms with van der Waals surface area (Å²) in [5.41, 5.74) is 3.63. The summed E-state index contributed by atoms with van der Waals surface area (Å²) in [6.07, 6.45) is 0.961. The van der Waals surface area contributed by atoms with Gasteiger partial charge in [0.1, 0.15) is 12.6 Å². The molecule has 4 rings (SSSR count). The van der Waals surface area contributed by atoms with Crippen molar-refractivity contribution in [2.45, 2.75) is 64.1 Å². The van der Waals surface area contributed by atoms with Gasteiger partial charge in [-0.25, -0.2) is 8.42 Å². The number of amides is 2. The fourth-order valence-electron chi connectivity index (χ4n) is 4.98. The maximum Gasteiger partial charge on any atom is 0.264 e. The van der Waals surface area contributed by atoms with Crippen molar-refractivity contribution >= 4 is 39.1 Å². The third-order valence-corrected chi connectivity index (χ3v) is 9.84. The third kappa shape index (κ3) is 8.74. The largest absolute Gasteiger partial charge is 0.352 e. The molecule has 0 heterocycles. The maximum absolute atomic E-state index is 14.5. The molecule has 9 heteroatoms. The van der Waals surface area contributed by atoms with Crippen LogP contribution >= 0.6 is 11.6 Å². The highest BCUT2D eigenvalue weighted by atomic mass is 35.5. The van der Waals surface area contributed by atoms with E-state index in [1.807, 2.05) is 57.2 Å². The van der Waals surface area contributed by atoms with Crippen LogP contribution < -0.4 is 9.62 Å². The molecule has 0 fully saturated rings. The minimum atomic E-state index is -4.16. The zero-order chi connectivity index (χ0) is 32.6. The zero-order valence-corrected chi connectivity index (χ0v) is 27.7. The minimum absolute atomic E-state index is 0.0729. The van der Waals surface area contributed by atoms with Crippen molar-refractivity contribution < 1.29 is 18.0 Å². The van der Waals surface area contributed by atoms with Gasteiger partial charge in [0.05, 0.1) is 10.6 Å². The Morgan fingerprint density at radius 2 is 1.44 bits per heavy atom. The summed E-state index contributed by atoms with van der Waals surface area (Å²) in [7, 11) is -4.16. The number of rotatable bonds is 13. The number of aryl methyl sites for hydroxylation is 2. The smallest absolute Gasteiger partial charge is 0.264 e. The van der Waals surface area contributed by atoms with Gasteiger partial charge < -0.3 is 10.2 Å². The number of sulfonamides is 1. The molecule has 0 saturated carbocycles. The Balaban J connectivity index is 1.81. The molecule has 0 aliphatic heterocycles. The Labute approximate surface area is 271 Å². The fourth-order valence-corrected chi connectivity index (χ4v) is 6.58. The van der Waals surface area contributed by atoms with Crippen LogP contribution in [0.4, 0.5) is 5.69 Å². The summed E-state index contributed by atoms with van der Waals surface area (Å²) in [5, 5.41) is 3.59. The molecule has 0 saturated heterocycles. The van der Waals surface area contributed by atoms with Gasteiger partial charge in [0, 0.05) is 24.0 Å². The molecule has 0 aromatic heterocycles. The Hall–Kier alpha value is -4.14. The second-order valence-corrected chi connectivity index (χ2v) is 13.6. The molecule has 1 N–H and O–H groups in total. The zero-order valence-electron chi connectivity index (χ0n) is 26.1. The van der Waals surface area contributed by atoms with E-state index in [0.29, 0.717) is 22.7 Å². The van der Waals surface area contributed by atoms with Crippen LogP contribution in [0.15, 0.2) is 108 Å². The van der Waals surface area contributed by atoms with E-state index in [0.717, 1.165) is 21.0 Å². The summed E-state index contributed by atoms with van der Waals surface area (Å²) in [4.78, 5) is 30.0. The number of carbonyl (C=O) groups is 2. The molecule has 236 valence electrons. The number of carbonyl (C=O) groups excluding carboxylic acids is 2. The first-order chi connectivity index (χ1) is 21.5. The second-order valence-electron chi connectivity index (χ2n) is 11.3. The first-order valence-corrected chi connectivity index (χ1v) is 16.8. The third-order valence-electron chi connectivity index (χ3n) is 7.81. The number of nitrogens with one attached hydrogen (secondary N) is 1. The van der Waals surface area contributed by atoms with Gasteiger partial charge in [0.25, 0.3) is 10.0 Å². The Bertz CT molecular complexity index is 1690. The quantitative estimate of drug-likeness (QED) is 0.175. The molecule has 0 spiro atoms. The van der Waals surface area contributed by atoms with Gasteiger partial charge in [-0.1, -0.05) is 96.9 Å². The predicted molar refractivity (Wildman–Crippen MR) is 181 cm³/mol. The molecule has 0 aliphatic carbocycles. The van der Waals surface area contributed by atoms with Crippen LogP contribution in [0.1, 0.15) is 42.5 Å². The monoisotopic (exact) mass is 645 g/mol. The SMILES string of the molecule is CC[C@H](C)NC(=O)[C@H](Cc1ccccc1)N(Cc1ccc(Cl)cc1)C(=O)CN(c1ccccc1C)S(=O)(=O)c1ccc(C)cc1. The van der Waals surface area contributed by atoms with Crippen LogP contribution in [-0.4, -0.2) is 43.8 Å². The van der Waals surface area contributed by atoms with Gasteiger partial charge in [-0.2, -0.15) is 0 Å². The summed E-state index contributed by atoms with van der Waals surface area (Å²) in [6, 6.07) is 29.1. The first-order valence-electron chi connectivity index (χ1n) is 15.0. The van der Waals surface area contributed by atoms with Crippen molar-refractivity contribution in [1.82, 2.24) is 10.2 Å². The molecule has 45 heavy (non-hydrogen) atoms. The van der Waals surface area contributed by atoms with E-state index >= 15 is 0 Å². The van der Waals surface area contributed by atoms with Gasteiger partial charge in [0.15, 0.2) is 0 Å². The number of para-hydroxylation sites is 1. The Morgan fingerprint density at radius 1 is 0.822 bits per heavy atom. The van der Waals surface area contributed by atoms with Crippen LogP contribution in [0.3, 0.4) is 0 Å². The molecule has 0 unspecified atom stereocenters. The van der Waals surface area contributed by atoms with Crippen molar-refractivity contribution in [2.24, 2.45) is 0 Å². The normalized spacial score (nSPS) is 12.6. The van der Waals surface area contributed by atoms with Crippen molar-refractivity contribution in [3.8, 4) is 0 Å². The van der Waals surface area contributed by atoms with Gasteiger partial charge in [-0.05, 0) is 74.2 Å². The van der Waals surface area contributed by atoms with Crippen molar-refractivity contribution in [3.63, 3.8) is 0 Å². The van der Waals surface area contributed by atoms with Crippen LogP contribution in [-0.2, 0) is 32.6 Å². The molecular weight excluding hydrogens is 606 g/mol. The standard InChI is InChI=1S/C36H40ClN3O4S/c1-5-28(4)38-36(42)34(23-29-12-7-6-8-13-29)39(24-30-17-19-31(37)20-18-30)35(41)25-40(33-14-10-9-11-27(33)3)45(43,44)32-21-15-26(2)16-22-32/h6-22,28,34H,5,23-25H2,1-4H3,(H,38,42)/t28-,34-/m0/s1. The molecule has 0 bridgehead atoms. The van der Waals surface area contributed by atoms with E-state index in [1.54, 1.807) is 73.7 Å². The van der Waals surface area contributed by atoms with Crippen molar-refractivity contribution in [1.29, 1.82) is 0 Å². The van der Waals surface area contributed by atoms with E-state index in [1.165, 1.54) is 4.90 Å². The highest BCUT2D eigenvalue weighted by Gasteiger charge is 2.35. The van der Waals surface area contributed by atoms with Crippen LogP contribution in [0.2, 0.25) is 5.02 Å². The molecule has 0 aliphatic rings. The number of benzene rings is 4. The minimum Gasteiger partial charge on any atom is -0.352 e. The number of halogens is 1. The van der Waals surface area contributed by atoms with E-state index < -0.39 is 28.5 Å². The molecule has 4 aromatic rings. The number of nitrogens with zero attached hydrogens (tertiary/aromatic N) is 2.